The fourth-order valence-corrected chi connectivity index (χ4v) is 0.891. The Morgan fingerprint density at radius 1 is 1.88 bits per heavy atom. The predicted molar refractivity (Wildman–Crippen MR) is 29.7 cm³/mol. The van der Waals surface area contributed by atoms with Gasteiger partial charge in [0.1, 0.15) is 0 Å². The van der Waals surface area contributed by atoms with Gasteiger partial charge in [0.2, 0.25) is 5.06 Å². The van der Waals surface area contributed by atoms with Gasteiger partial charge in [0.15, 0.2) is 5.82 Å². The maximum absolute atomic E-state index is 12.2. The second-order valence-electron chi connectivity index (χ2n) is 1.20. The molecule has 1 aromatic heterocycles. The fraction of sp³-hybridized carbons (Fsp3) is 0.200. The molecular formula is C5H4FOS. The molecule has 0 aliphatic heterocycles. The highest BCUT2D eigenvalue weighted by Gasteiger charge is 1.99. The van der Waals surface area contributed by atoms with Crippen LogP contribution < -0.4 is 4.74 Å². The fourth-order valence-electron chi connectivity index (χ4n) is 0.382. The van der Waals surface area contributed by atoms with Crippen LogP contribution in [0, 0.1) is 11.2 Å². The standard InChI is InChI=1S/C5H4FOS/c1-7-5-4(6)2-3-8-5/h2H,1H3. The van der Waals surface area contributed by atoms with Crippen molar-refractivity contribution in [2.24, 2.45) is 0 Å². The average Bonchev–Trinajstić information content (AvgIpc) is 2.14. The van der Waals surface area contributed by atoms with E-state index in [1.165, 1.54) is 13.2 Å². The van der Waals surface area contributed by atoms with Crippen LogP contribution in [0.15, 0.2) is 6.07 Å². The summed E-state index contributed by atoms with van der Waals surface area (Å²) in [4.78, 5) is 0. The Bertz CT molecular complexity index is 173. The van der Waals surface area contributed by atoms with Crippen LogP contribution in [0.25, 0.3) is 0 Å². The first-order chi connectivity index (χ1) is 3.84. The number of hydrogen-bond acceptors (Lipinski definition) is 2. The van der Waals surface area contributed by atoms with Crippen molar-refractivity contribution in [2.75, 3.05) is 7.11 Å². The summed E-state index contributed by atoms with van der Waals surface area (Å²) in [7, 11) is 1.43. The first-order valence-corrected chi connectivity index (χ1v) is 2.85. The zero-order valence-corrected chi connectivity index (χ0v) is 5.09. The van der Waals surface area contributed by atoms with Crippen LogP contribution >= 0.6 is 11.3 Å². The van der Waals surface area contributed by atoms with Gasteiger partial charge in [0, 0.05) is 0 Å². The lowest BCUT2D eigenvalue weighted by Crippen LogP contribution is -1.78. The molecule has 1 heterocycles. The molecule has 43 valence electrons. The van der Waals surface area contributed by atoms with Crippen LogP contribution in [0.5, 0.6) is 5.06 Å². The summed E-state index contributed by atoms with van der Waals surface area (Å²) in [6.45, 7) is 0. The van der Waals surface area contributed by atoms with E-state index in [1.807, 2.05) is 0 Å². The SMILES string of the molecule is COc1s[c]cc1F. The van der Waals surface area contributed by atoms with Gasteiger partial charge in [-0.25, -0.2) is 4.39 Å². The molecule has 0 amide bonds. The van der Waals surface area contributed by atoms with Crippen LogP contribution in [0.4, 0.5) is 4.39 Å². The van der Waals surface area contributed by atoms with Gasteiger partial charge < -0.3 is 4.74 Å². The summed E-state index contributed by atoms with van der Waals surface area (Å²) in [6.07, 6.45) is 0. The third-order valence-corrected chi connectivity index (χ3v) is 1.50. The summed E-state index contributed by atoms with van der Waals surface area (Å²) in [5.41, 5.74) is 0. The third kappa shape index (κ3) is 0.816. The number of halogens is 1. The van der Waals surface area contributed by atoms with Gasteiger partial charge in [0.05, 0.1) is 12.5 Å². The van der Waals surface area contributed by atoms with E-state index in [0.29, 0.717) is 5.06 Å². The van der Waals surface area contributed by atoms with E-state index in [1.54, 1.807) is 0 Å². The van der Waals surface area contributed by atoms with E-state index >= 15 is 0 Å². The van der Waals surface area contributed by atoms with Gasteiger partial charge in [-0.15, -0.1) is 0 Å². The topological polar surface area (TPSA) is 9.23 Å². The zero-order valence-electron chi connectivity index (χ0n) is 4.27. The van der Waals surface area contributed by atoms with Crippen molar-refractivity contribution in [1.29, 1.82) is 0 Å². The van der Waals surface area contributed by atoms with Crippen LogP contribution in [0.2, 0.25) is 0 Å². The summed E-state index contributed by atoms with van der Waals surface area (Å²) < 4.78 is 16.8. The number of hydrogen-bond donors (Lipinski definition) is 0. The Morgan fingerprint density at radius 2 is 2.62 bits per heavy atom. The monoisotopic (exact) mass is 131 g/mol. The average molecular weight is 131 g/mol. The molecule has 0 saturated carbocycles. The highest BCUT2D eigenvalue weighted by Crippen LogP contribution is 2.21. The summed E-state index contributed by atoms with van der Waals surface area (Å²) in [5.74, 6) is -0.336. The van der Waals surface area contributed by atoms with Gasteiger partial charge in [-0.3, -0.25) is 0 Å². The maximum atomic E-state index is 12.2. The van der Waals surface area contributed by atoms with Crippen molar-refractivity contribution in [3.63, 3.8) is 0 Å². The number of methoxy groups -OCH3 is 1. The van der Waals surface area contributed by atoms with E-state index in [-0.39, 0.29) is 5.82 Å². The molecule has 8 heavy (non-hydrogen) atoms. The van der Waals surface area contributed by atoms with Gasteiger partial charge in [-0.05, 0) is 6.07 Å². The first kappa shape index (κ1) is 5.56. The maximum Gasteiger partial charge on any atom is 0.210 e. The van der Waals surface area contributed by atoms with Crippen molar-refractivity contribution < 1.29 is 9.13 Å². The Hall–Kier alpha value is -0.570. The van der Waals surface area contributed by atoms with Crippen molar-refractivity contribution >= 4 is 11.3 Å². The van der Waals surface area contributed by atoms with Crippen LogP contribution in [0.1, 0.15) is 0 Å². The van der Waals surface area contributed by atoms with Crippen LogP contribution in [-0.2, 0) is 0 Å². The molecule has 3 heteroatoms. The number of ether oxygens (including phenoxy) is 1. The van der Waals surface area contributed by atoms with Gasteiger partial charge >= 0.3 is 0 Å². The lowest BCUT2D eigenvalue weighted by atomic mass is 10.6. The molecule has 0 saturated heterocycles. The van der Waals surface area contributed by atoms with Crippen molar-refractivity contribution in [2.45, 2.75) is 0 Å². The Kier molecular flexibility index (Phi) is 1.48. The van der Waals surface area contributed by atoms with Crippen molar-refractivity contribution in [3.05, 3.63) is 17.3 Å². The second kappa shape index (κ2) is 2.13. The predicted octanol–water partition coefficient (Wildman–Crippen LogP) is 1.70. The van der Waals surface area contributed by atoms with E-state index in [2.05, 4.69) is 10.1 Å². The minimum Gasteiger partial charge on any atom is -0.485 e. The van der Waals surface area contributed by atoms with E-state index in [9.17, 15) is 4.39 Å². The molecule has 0 unspecified atom stereocenters. The normalized spacial score (nSPS) is 9.25. The summed E-state index contributed by atoms with van der Waals surface area (Å²) >= 11 is 1.13. The minimum atomic E-state index is -0.336. The second-order valence-corrected chi connectivity index (χ2v) is 2.01. The minimum absolute atomic E-state index is 0.296. The Balaban J connectivity index is 2.92. The third-order valence-electron chi connectivity index (χ3n) is 0.718. The highest BCUT2D eigenvalue weighted by molar-refractivity contribution is 7.11. The molecule has 1 aromatic rings. The molecule has 1 rings (SSSR count). The van der Waals surface area contributed by atoms with Gasteiger partial charge in [-0.1, -0.05) is 11.3 Å². The molecular weight excluding hydrogens is 127 g/mol. The molecule has 0 aliphatic rings. The summed E-state index contributed by atoms with van der Waals surface area (Å²) in [5, 5.41) is 2.89. The van der Waals surface area contributed by atoms with Gasteiger partial charge in [0.25, 0.3) is 0 Å². The number of thiophene rings is 1. The van der Waals surface area contributed by atoms with Gasteiger partial charge in [-0.2, -0.15) is 0 Å². The zero-order chi connectivity index (χ0) is 5.98. The van der Waals surface area contributed by atoms with Crippen LogP contribution in [0.3, 0.4) is 0 Å². The van der Waals surface area contributed by atoms with E-state index in [4.69, 9.17) is 0 Å². The lowest BCUT2D eigenvalue weighted by molar-refractivity contribution is 0.400. The molecule has 0 aliphatic carbocycles. The molecule has 0 bridgehead atoms. The van der Waals surface area contributed by atoms with E-state index in [0.717, 1.165) is 11.3 Å². The Labute approximate surface area is 50.7 Å². The quantitative estimate of drug-likeness (QED) is 0.563. The van der Waals surface area contributed by atoms with Crippen molar-refractivity contribution in [1.82, 2.24) is 0 Å². The molecule has 0 aromatic carbocycles. The van der Waals surface area contributed by atoms with E-state index < -0.39 is 0 Å². The molecule has 0 spiro atoms. The molecule has 1 nitrogen and oxygen atoms in total. The smallest absolute Gasteiger partial charge is 0.210 e. The Morgan fingerprint density at radius 3 is 2.88 bits per heavy atom. The lowest BCUT2D eigenvalue weighted by Gasteiger charge is -1.89. The number of rotatable bonds is 1. The molecule has 0 N–H and O–H groups in total. The molecule has 0 atom stereocenters. The highest BCUT2D eigenvalue weighted by atomic mass is 32.1. The molecule has 1 radical (unpaired) electrons. The largest absolute Gasteiger partial charge is 0.485 e. The van der Waals surface area contributed by atoms with Crippen LogP contribution in [-0.4, -0.2) is 7.11 Å². The van der Waals surface area contributed by atoms with Crippen molar-refractivity contribution in [3.8, 4) is 5.06 Å². The summed E-state index contributed by atoms with van der Waals surface area (Å²) in [6, 6.07) is 1.25. The first-order valence-electron chi connectivity index (χ1n) is 2.04. The molecule has 0 fully saturated rings.